The third-order valence-electron chi connectivity index (χ3n) is 4.19. The van der Waals surface area contributed by atoms with E-state index < -0.39 is 0 Å². The van der Waals surface area contributed by atoms with Crippen molar-refractivity contribution < 1.29 is 9.53 Å². The molecule has 3 rings (SSSR count). The number of benzene rings is 2. The lowest BCUT2D eigenvalue weighted by atomic mass is 10.1. The Morgan fingerprint density at radius 1 is 1.19 bits per heavy atom. The maximum absolute atomic E-state index is 12.9. The Balaban J connectivity index is 1.90. The van der Waals surface area contributed by atoms with E-state index in [1.807, 2.05) is 68.5 Å². The number of anilines is 1. The fourth-order valence-corrected chi connectivity index (χ4v) is 3.82. The molecule has 1 amide bonds. The van der Waals surface area contributed by atoms with E-state index in [9.17, 15) is 4.79 Å². The Bertz CT molecular complexity index is 859. The summed E-state index contributed by atoms with van der Waals surface area (Å²) in [5.74, 6) is 0.685. The van der Waals surface area contributed by atoms with Crippen molar-refractivity contribution in [3.8, 4) is 5.75 Å². The van der Waals surface area contributed by atoms with Crippen LogP contribution in [-0.4, -0.2) is 16.3 Å². The highest BCUT2D eigenvalue weighted by Gasteiger charge is 2.33. The van der Waals surface area contributed by atoms with Crippen molar-refractivity contribution in [3.63, 3.8) is 0 Å². The average Bonchev–Trinajstić information content (AvgIpc) is 2.91. The monoisotopic (exact) mass is 383 g/mol. The lowest BCUT2D eigenvalue weighted by molar-refractivity contribution is -0.113. The molecule has 3 nitrogen and oxygen atoms in total. The summed E-state index contributed by atoms with van der Waals surface area (Å²) in [7, 11) is 0. The number of hydrogen-bond donors (Lipinski definition) is 0. The molecule has 1 saturated heterocycles. The zero-order valence-electron chi connectivity index (χ0n) is 15.1. The van der Waals surface area contributed by atoms with Crippen molar-refractivity contribution in [2.24, 2.45) is 0 Å². The first kappa shape index (κ1) is 18.7. The van der Waals surface area contributed by atoms with E-state index in [2.05, 4.69) is 6.92 Å². The van der Waals surface area contributed by atoms with Crippen molar-refractivity contribution >= 4 is 46.0 Å². The summed E-state index contributed by atoms with van der Waals surface area (Å²) in [6.45, 7) is 6.13. The van der Waals surface area contributed by atoms with Crippen LogP contribution < -0.4 is 9.64 Å². The van der Waals surface area contributed by atoms with E-state index in [-0.39, 0.29) is 12.0 Å². The second-order valence-corrected chi connectivity index (χ2v) is 7.90. The molecule has 1 fully saturated rings. The maximum Gasteiger partial charge on any atom is 0.270 e. The van der Waals surface area contributed by atoms with Gasteiger partial charge in [-0.2, -0.15) is 0 Å². The number of para-hydroxylation sites is 1. The van der Waals surface area contributed by atoms with Crippen LogP contribution >= 0.6 is 24.0 Å². The van der Waals surface area contributed by atoms with Crippen molar-refractivity contribution in [1.29, 1.82) is 0 Å². The molecule has 0 radical (unpaired) electrons. The number of carbonyl (C=O) groups excluding carboxylic acids is 1. The highest BCUT2D eigenvalue weighted by molar-refractivity contribution is 8.27. The summed E-state index contributed by atoms with van der Waals surface area (Å²) in [5.41, 5.74) is 2.83. The molecule has 0 spiro atoms. The Labute approximate surface area is 164 Å². The minimum Gasteiger partial charge on any atom is -0.490 e. The van der Waals surface area contributed by atoms with Crippen molar-refractivity contribution in [2.45, 2.75) is 33.3 Å². The Morgan fingerprint density at radius 3 is 2.58 bits per heavy atom. The van der Waals surface area contributed by atoms with Crippen LogP contribution in [0.1, 0.15) is 31.4 Å². The van der Waals surface area contributed by atoms with Crippen LogP contribution in [0.3, 0.4) is 0 Å². The number of carbonyl (C=O) groups is 1. The largest absolute Gasteiger partial charge is 0.490 e. The molecule has 1 heterocycles. The van der Waals surface area contributed by atoms with Crippen LogP contribution in [0, 0.1) is 6.92 Å². The van der Waals surface area contributed by atoms with Gasteiger partial charge in [-0.05, 0) is 44.5 Å². The molecule has 0 aliphatic carbocycles. The maximum atomic E-state index is 12.9. The zero-order valence-corrected chi connectivity index (χ0v) is 16.7. The molecule has 0 unspecified atom stereocenters. The van der Waals surface area contributed by atoms with Crippen LogP contribution in [0.5, 0.6) is 5.75 Å². The van der Waals surface area contributed by atoms with Gasteiger partial charge in [-0.1, -0.05) is 66.8 Å². The highest BCUT2D eigenvalue weighted by atomic mass is 32.2. The molecule has 134 valence electrons. The van der Waals surface area contributed by atoms with Gasteiger partial charge in [0.1, 0.15) is 5.75 Å². The van der Waals surface area contributed by atoms with Crippen LogP contribution in [0.4, 0.5) is 5.69 Å². The van der Waals surface area contributed by atoms with E-state index in [1.54, 1.807) is 4.90 Å². The van der Waals surface area contributed by atoms with Gasteiger partial charge in [0.25, 0.3) is 5.91 Å². The standard InChI is InChI=1S/C21H21NO2S2/c1-4-15(3)24-18-8-6-5-7-16(18)13-19-20(23)22(21(25)26-19)17-11-9-14(2)10-12-17/h5-13,15H,4H2,1-3H3/b19-13-/t15-/m1/s1. The first-order valence-electron chi connectivity index (χ1n) is 8.60. The van der Waals surface area contributed by atoms with Gasteiger partial charge in [0.05, 0.1) is 16.7 Å². The van der Waals surface area contributed by atoms with Crippen LogP contribution in [0.25, 0.3) is 6.08 Å². The summed E-state index contributed by atoms with van der Waals surface area (Å²) >= 11 is 6.77. The highest BCUT2D eigenvalue weighted by Crippen LogP contribution is 2.37. The number of thioether (sulfide) groups is 1. The van der Waals surface area contributed by atoms with E-state index in [1.165, 1.54) is 11.8 Å². The molecule has 1 atom stereocenters. The van der Waals surface area contributed by atoms with Gasteiger partial charge >= 0.3 is 0 Å². The van der Waals surface area contributed by atoms with Gasteiger partial charge in [0.15, 0.2) is 4.32 Å². The summed E-state index contributed by atoms with van der Waals surface area (Å²) in [6.07, 6.45) is 2.90. The summed E-state index contributed by atoms with van der Waals surface area (Å²) in [4.78, 5) is 15.1. The van der Waals surface area contributed by atoms with Gasteiger partial charge in [-0.15, -0.1) is 0 Å². The van der Waals surface area contributed by atoms with E-state index in [0.29, 0.717) is 9.23 Å². The average molecular weight is 384 g/mol. The van der Waals surface area contributed by atoms with Crippen molar-refractivity contribution in [3.05, 3.63) is 64.6 Å². The number of aryl methyl sites for hydroxylation is 1. The fraction of sp³-hybridized carbons (Fsp3) is 0.238. The first-order valence-corrected chi connectivity index (χ1v) is 9.82. The molecule has 0 bridgehead atoms. The SMILES string of the molecule is CC[C@@H](C)Oc1ccccc1/C=C1\SC(=S)N(c2ccc(C)cc2)C1=O. The Morgan fingerprint density at radius 2 is 1.88 bits per heavy atom. The lowest BCUT2D eigenvalue weighted by Crippen LogP contribution is -2.27. The number of thiocarbonyl (C=S) groups is 1. The van der Waals surface area contributed by atoms with E-state index in [4.69, 9.17) is 17.0 Å². The first-order chi connectivity index (χ1) is 12.5. The van der Waals surface area contributed by atoms with Gasteiger partial charge in [-0.25, -0.2) is 0 Å². The minimum absolute atomic E-state index is 0.0952. The molecule has 1 aliphatic rings. The molecular formula is C21H21NO2S2. The normalized spacial score (nSPS) is 17.0. The summed E-state index contributed by atoms with van der Waals surface area (Å²) < 4.78 is 6.53. The third kappa shape index (κ3) is 4.00. The van der Waals surface area contributed by atoms with Gasteiger partial charge < -0.3 is 4.74 Å². The number of rotatable bonds is 5. The topological polar surface area (TPSA) is 29.5 Å². The van der Waals surface area contributed by atoms with Gasteiger partial charge in [0.2, 0.25) is 0 Å². The molecule has 5 heteroatoms. The molecule has 0 aromatic heterocycles. The predicted octanol–water partition coefficient (Wildman–Crippen LogP) is 5.58. The van der Waals surface area contributed by atoms with Crippen LogP contribution in [-0.2, 0) is 4.79 Å². The molecule has 2 aromatic rings. The molecule has 2 aromatic carbocycles. The van der Waals surface area contributed by atoms with Crippen molar-refractivity contribution in [1.82, 2.24) is 0 Å². The predicted molar refractivity (Wildman–Crippen MR) is 114 cm³/mol. The molecule has 0 saturated carbocycles. The van der Waals surface area contributed by atoms with Gasteiger partial charge in [-0.3, -0.25) is 9.69 Å². The van der Waals surface area contributed by atoms with E-state index >= 15 is 0 Å². The van der Waals surface area contributed by atoms with Crippen molar-refractivity contribution in [2.75, 3.05) is 4.90 Å². The second kappa shape index (κ2) is 8.06. The molecule has 26 heavy (non-hydrogen) atoms. The molecule has 1 aliphatic heterocycles. The molecular weight excluding hydrogens is 362 g/mol. The van der Waals surface area contributed by atoms with Crippen LogP contribution in [0.15, 0.2) is 53.4 Å². The van der Waals surface area contributed by atoms with Crippen LogP contribution in [0.2, 0.25) is 0 Å². The number of ether oxygens (including phenoxy) is 1. The number of nitrogens with zero attached hydrogens (tertiary/aromatic N) is 1. The molecule has 0 N–H and O–H groups in total. The van der Waals surface area contributed by atoms with Gasteiger partial charge in [0, 0.05) is 5.56 Å². The third-order valence-corrected chi connectivity index (χ3v) is 5.50. The number of hydrogen-bond acceptors (Lipinski definition) is 4. The summed E-state index contributed by atoms with van der Waals surface area (Å²) in [6, 6.07) is 15.6. The Hall–Kier alpha value is -2.11. The summed E-state index contributed by atoms with van der Waals surface area (Å²) in [5, 5.41) is 0. The minimum atomic E-state index is -0.0952. The van der Waals surface area contributed by atoms with E-state index in [0.717, 1.165) is 29.0 Å². The smallest absolute Gasteiger partial charge is 0.270 e. The quantitative estimate of drug-likeness (QED) is 0.498. The lowest BCUT2D eigenvalue weighted by Gasteiger charge is -2.15. The number of amides is 1. The fourth-order valence-electron chi connectivity index (χ4n) is 2.53. The zero-order chi connectivity index (χ0) is 18.7. The second-order valence-electron chi connectivity index (χ2n) is 6.23. The Kier molecular flexibility index (Phi) is 5.79.